The quantitative estimate of drug-likeness (QED) is 0.644. The van der Waals surface area contributed by atoms with Gasteiger partial charge >= 0.3 is 0 Å². The fourth-order valence-electron chi connectivity index (χ4n) is 1.29. The molecule has 1 heterocycles. The van der Waals surface area contributed by atoms with Gasteiger partial charge in [-0.15, -0.1) is 0 Å². The summed E-state index contributed by atoms with van der Waals surface area (Å²) in [6.45, 7) is 1.41. The third-order valence-electron chi connectivity index (χ3n) is 2.25. The Kier molecular flexibility index (Phi) is 5.31. The van der Waals surface area contributed by atoms with Gasteiger partial charge in [-0.3, -0.25) is 0 Å². The van der Waals surface area contributed by atoms with Crippen molar-refractivity contribution < 1.29 is 14.6 Å². The van der Waals surface area contributed by atoms with Gasteiger partial charge in [-0.05, 0) is 26.3 Å². The Bertz CT molecular complexity index is 122. The van der Waals surface area contributed by atoms with Crippen molar-refractivity contribution in [2.45, 2.75) is 31.6 Å². The first-order valence-electron chi connectivity index (χ1n) is 4.88. The van der Waals surface area contributed by atoms with Crippen LogP contribution in [0.2, 0.25) is 0 Å². The molecule has 13 heavy (non-hydrogen) atoms. The summed E-state index contributed by atoms with van der Waals surface area (Å²) in [5.41, 5.74) is 0. The summed E-state index contributed by atoms with van der Waals surface area (Å²) in [5.74, 6) is 0. The number of aliphatic hydroxyl groups is 1. The van der Waals surface area contributed by atoms with E-state index in [-0.39, 0.29) is 18.9 Å². The Morgan fingerprint density at radius 3 is 3.00 bits per heavy atom. The molecule has 0 aromatic rings. The van der Waals surface area contributed by atoms with Crippen LogP contribution >= 0.6 is 0 Å². The Morgan fingerprint density at radius 2 is 2.46 bits per heavy atom. The minimum atomic E-state index is -0.0591. The van der Waals surface area contributed by atoms with Crippen LogP contribution in [0.25, 0.3) is 0 Å². The molecule has 2 atom stereocenters. The van der Waals surface area contributed by atoms with Crippen molar-refractivity contribution in [3.63, 3.8) is 0 Å². The van der Waals surface area contributed by atoms with Crippen LogP contribution in [-0.4, -0.2) is 44.3 Å². The lowest BCUT2D eigenvalue weighted by Gasteiger charge is -2.24. The summed E-state index contributed by atoms with van der Waals surface area (Å²) in [4.78, 5) is 0. The molecule has 1 aliphatic heterocycles. The molecular weight excluding hydrogens is 170 g/mol. The molecule has 1 unspecified atom stereocenters. The molecule has 0 radical (unpaired) electrons. The minimum Gasteiger partial charge on any atom is -0.395 e. The molecular formula is C9H19NO3. The zero-order valence-corrected chi connectivity index (χ0v) is 8.16. The zero-order valence-electron chi connectivity index (χ0n) is 8.16. The van der Waals surface area contributed by atoms with E-state index in [0.29, 0.717) is 6.61 Å². The van der Waals surface area contributed by atoms with Crippen LogP contribution in [0.3, 0.4) is 0 Å². The number of hydrogen-bond donors (Lipinski definition) is 2. The van der Waals surface area contributed by atoms with Gasteiger partial charge < -0.3 is 19.9 Å². The van der Waals surface area contributed by atoms with Gasteiger partial charge in [0.25, 0.3) is 0 Å². The maximum atomic E-state index is 8.87. The lowest BCUT2D eigenvalue weighted by atomic mass is 10.2. The second-order valence-corrected chi connectivity index (χ2v) is 3.30. The van der Waals surface area contributed by atoms with Gasteiger partial charge in [0.1, 0.15) is 0 Å². The van der Waals surface area contributed by atoms with Gasteiger partial charge in [-0.2, -0.15) is 0 Å². The molecule has 0 saturated carbocycles. The molecule has 0 aromatic heterocycles. The summed E-state index contributed by atoms with van der Waals surface area (Å²) in [5, 5.41) is 11.8. The highest BCUT2D eigenvalue weighted by atomic mass is 16.7. The summed E-state index contributed by atoms with van der Waals surface area (Å²) in [7, 11) is 1.81. The first kappa shape index (κ1) is 10.9. The van der Waals surface area contributed by atoms with Gasteiger partial charge in [-0.1, -0.05) is 0 Å². The van der Waals surface area contributed by atoms with Crippen LogP contribution in [0.15, 0.2) is 0 Å². The third kappa shape index (κ3) is 4.04. The monoisotopic (exact) mass is 189 g/mol. The van der Waals surface area contributed by atoms with E-state index in [1.807, 2.05) is 7.05 Å². The number of hydrogen-bond acceptors (Lipinski definition) is 4. The van der Waals surface area contributed by atoms with Gasteiger partial charge in [0.15, 0.2) is 6.29 Å². The largest absolute Gasteiger partial charge is 0.395 e. The summed E-state index contributed by atoms with van der Waals surface area (Å²) in [6.07, 6.45) is 3.22. The molecule has 0 bridgehead atoms. The first-order chi connectivity index (χ1) is 6.36. The molecule has 4 nitrogen and oxygen atoms in total. The molecule has 0 spiro atoms. The van der Waals surface area contributed by atoms with Crippen molar-refractivity contribution in [3.8, 4) is 0 Å². The molecule has 1 aliphatic rings. The predicted molar refractivity (Wildman–Crippen MR) is 49.5 cm³/mol. The number of rotatable bonds is 5. The van der Waals surface area contributed by atoms with E-state index in [4.69, 9.17) is 14.6 Å². The number of ether oxygens (including phenoxy) is 2. The molecule has 0 aliphatic carbocycles. The normalized spacial score (nSPS) is 25.8. The second kappa shape index (κ2) is 6.32. The topological polar surface area (TPSA) is 50.7 Å². The Labute approximate surface area is 79.2 Å². The van der Waals surface area contributed by atoms with Gasteiger partial charge in [0.05, 0.1) is 19.3 Å². The molecule has 78 valence electrons. The van der Waals surface area contributed by atoms with E-state index in [2.05, 4.69) is 5.32 Å². The lowest BCUT2D eigenvalue weighted by Crippen LogP contribution is -2.36. The van der Waals surface area contributed by atoms with E-state index >= 15 is 0 Å². The highest BCUT2D eigenvalue weighted by Crippen LogP contribution is 2.13. The zero-order chi connectivity index (χ0) is 9.52. The molecule has 1 saturated heterocycles. The van der Waals surface area contributed by atoms with E-state index in [1.54, 1.807) is 0 Å². The van der Waals surface area contributed by atoms with E-state index in [1.165, 1.54) is 6.42 Å². The standard InChI is InChI=1S/C9H19NO3/c1-10-8(6-11)7-13-9-4-2-3-5-12-9/h8-11H,2-7H2,1H3/t8-,9?/m1/s1. The van der Waals surface area contributed by atoms with Crippen LogP contribution in [0.4, 0.5) is 0 Å². The maximum Gasteiger partial charge on any atom is 0.157 e. The average Bonchev–Trinajstić information content (AvgIpc) is 2.21. The molecule has 0 aromatic carbocycles. The molecule has 2 N–H and O–H groups in total. The van der Waals surface area contributed by atoms with Gasteiger partial charge in [0.2, 0.25) is 0 Å². The van der Waals surface area contributed by atoms with Crippen molar-refractivity contribution >= 4 is 0 Å². The summed E-state index contributed by atoms with van der Waals surface area (Å²) in [6, 6.07) is 0.0190. The Hall–Kier alpha value is -0.160. The van der Waals surface area contributed by atoms with Crippen molar-refractivity contribution in [3.05, 3.63) is 0 Å². The average molecular weight is 189 g/mol. The number of nitrogens with one attached hydrogen (secondary N) is 1. The lowest BCUT2D eigenvalue weighted by molar-refractivity contribution is -0.166. The highest BCUT2D eigenvalue weighted by molar-refractivity contribution is 4.62. The molecule has 0 amide bonds. The summed E-state index contributed by atoms with van der Waals surface area (Å²) >= 11 is 0. The molecule has 1 rings (SSSR count). The maximum absolute atomic E-state index is 8.87. The van der Waals surface area contributed by atoms with Crippen molar-refractivity contribution in [2.75, 3.05) is 26.9 Å². The van der Waals surface area contributed by atoms with Crippen molar-refractivity contribution in [1.82, 2.24) is 5.32 Å². The minimum absolute atomic E-state index is 0.0190. The van der Waals surface area contributed by atoms with E-state index in [9.17, 15) is 0 Å². The van der Waals surface area contributed by atoms with Crippen LogP contribution in [0.1, 0.15) is 19.3 Å². The molecule has 1 fully saturated rings. The second-order valence-electron chi connectivity index (χ2n) is 3.30. The van der Waals surface area contributed by atoms with Crippen LogP contribution in [-0.2, 0) is 9.47 Å². The van der Waals surface area contributed by atoms with Crippen molar-refractivity contribution in [1.29, 1.82) is 0 Å². The van der Waals surface area contributed by atoms with E-state index in [0.717, 1.165) is 19.4 Å². The van der Waals surface area contributed by atoms with E-state index < -0.39 is 0 Å². The van der Waals surface area contributed by atoms with Crippen LogP contribution in [0.5, 0.6) is 0 Å². The van der Waals surface area contributed by atoms with Crippen LogP contribution < -0.4 is 5.32 Å². The van der Waals surface area contributed by atoms with Crippen molar-refractivity contribution in [2.24, 2.45) is 0 Å². The first-order valence-corrected chi connectivity index (χ1v) is 4.88. The SMILES string of the molecule is CN[C@H](CO)COC1CCCCO1. The van der Waals surface area contributed by atoms with Gasteiger partial charge in [0, 0.05) is 6.61 Å². The highest BCUT2D eigenvalue weighted by Gasteiger charge is 2.15. The van der Waals surface area contributed by atoms with Crippen LogP contribution in [0, 0.1) is 0 Å². The predicted octanol–water partition coefficient (Wildman–Crippen LogP) is 0.110. The third-order valence-corrected chi connectivity index (χ3v) is 2.25. The summed E-state index contributed by atoms with van der Waals surface area (Å²) < 4.78 is 10.9. The molecule has 4 heteroatoms. The number of likely N-dealkylation sites (N-methyl/N-ethyl adjacent to an activating group) is 1. The Balaban J connectivity index is 2.09. The fraction of sp³-hybridized carbons (Fsp3) is 1.00. The smallest absolute Gasteiger partial charge is 0.157 e. The fourth-order valence-corrected chi connectivity index (χ4v) is 1.29. The Morgan fingerprint density at radius 1 is 1.62 bits per heavy atom. The van der Waals surface area contributed by atoms with Gasteiger partial charge in [-0.25, -0.2) is 0 Å². The number of aliphatic hydroxyl groups excluding tert-OH is 1.